The van der Waals surface area contributed by atoms with Crippen LogP contribution in [0.15, 0.2) is 0 Å². The summed E-state index contributed by atoms with van der Waals surface area (Å²) in [4.78, 5) is 11.8. The molecule has 2 saturated carbocycles. The van der Waals surface area contributed by atoms with Crippen LogP contribution in [-0.2, 0) is 4.79 Å². The van der Waals surface area contributed by atoms with Crippen molar-refractivity contribution in [2.75, 3.05) is 0 Å². The third-order valence-electron chi connectivity index (χ3n) is 4.43. The predicted molar refractivity (Wildman–Crippen MR) is 62.7 cm³/mol. The summed E-state index contributed by atoms with van der Waals surface area (Å²) in [6.07, 6.45) is 11.0. The summed E-state index contributed by atoms with van der Waals surface area (Å²) >= 11 is 0. The number of hydrogen-bond donors (Lipinski definition) is 0. The first-order valence-electron chi connectivity index (χ1n) is 6.81. The van der Waals surface area contributed by atoms with E-state index in [0.717, 1.165) is 37.0 Å². The molecule has 2 aliphatic rings. The van der Waals surface area contributed by atoms with Crippen LogP contribution >= 0.6 is 0 Å². The zero-order chi connectivity index (χ0) is 10.7. The molecule has 0 amide bonds. The number of carbonyl (C=O) groups excluding carboxylic acids is 1. The minimum Gasteiger partial charge on any atom is -0.300 e. The average molecular weight is 208 g/mol. The monoisotopic (exact) mass is 208 g/mol. The Hall–Kier alpha value is -0.330. The Kier molecular flexibility index (Phi) is 3.82. The van der Waals surface area contributed by atoms with Gasteiger partial charge in [-0.15, -0.1) is 0 Å². The average Bonchev–Trinajstić information content (AvgIpc) is 2.79. The van der Waals surface area contributed by atoms with Crippen molar-refractivity contribution in [1.29, 1.82) is 0 Å². The molecule has 0 saturated heterocycles. The number of Topliss-reactive ketones (excluding diaryl/α,β-unsaturated/α-hetero) is 1. The van der Waals surface area contributed by atoms with Gasteiger partial charge < -0.3 is 0 Å². The second kappa shape index (κ2) is 5.14. The molecule has 15 heavy (non-hydrogen) atoms. The van der Waals surface area contributed by atoms with Crippen molar-refractivity contribution in [2.24, 2.45) is 17.8 Å². The molecule has 0 radical (unpaired) electrons. The first-order valence-corrected chi connectivity index (χ1v) is 6.81. The van der Waals surface area contributed by atoms with Crippen molar-refractivity contribution in [2.45, 2.75) is 64.7 Å². The summed E-state index contributed by atoms with van der Waals surface area (Å²) in [5.74, 6) is 3.23. The highest BCUT2D eigenvalue weighted by Crippen LogP contribution is 2.49. The molecular weight excluding hydrogens is 184 g/mol. The minimum absolute atomic E-state index is 0.543. The minimum atomic E-state index is 0.543. The Labute approximate surface area is 93.6 Å². The normalized spacial score (nSPS) is 33.5. The molecule has 0 aromatic carbocycles. The fourth-order valence-corrected chi connectivity index (χ4v) is 3.59. The second-order valence-corrected chi connectivity index (χ2v) is 5.63. The summed E-state index contributed by atoms with van der Waals surface area (Å²) in [7, 11) is 0. The number of hydrogen-bond acceptors (Lipinski definition) is 1. The molecule has 3 atom stereocenters. The summed E-state index contributed by atoms with van der Waals surface area (Å²) in [5.41, 5.74) is 0. The van der Waals surface area contributed by atoms with Gasteiger partial charge in [-0.2, -0.15) is 0 Å². The molecule has 0 aromatic rings. The number of carbonyl (C=O) groups is 1. The first kappa shape index (κ1) is 11.2. The fraction of sp³-hybridized carbons (Fsp3) is 0.929. The van der Waals surface area contributed by atoms with Gasteiger partial charge in [0.25, 0.3) is 0 Å². The van der Waals surface area contributed by atoms with Gasteiger partial charge in [-0.05, 0) is 43.4 Å². The van der Waals surface area contributed by atoms with E-state index in [4.69, 9.17) is 0 Å². The molecule has 3 unspecified atom stereocenters. The lowest BCUT2D eigenvalue weighted by atomic mass is 9.84. The summed E-state index contributed by atoms with van der Waals surface area (Å²) in [6, 6.07) is 0. The van der Waals surface area contributed by atoms with Gasteiger partial charge >= 0.3 is 0 Å². The summed E-state index contributed by atoms with van der Waals surface area (Å²) in [5, 5.41) is 0. The fourth-order valence-electron chi connectivity index (χ4n) is 3.59. The van der Waals surface area contributed by atoms with Gasteiger partial charge in [-0.1, -0.05) is 26.2 Å². The van der Waals surface area contributed by atoms with Crippen molar-refractivity contribution < 1.29 is 4.79 Å². The van der Waals surface area contributed by atoms with Crippen molar-refractivity contribution in [3.8, 4) is 0 Å². The maximum Gasteiger partial charge on any atom is 0.133 e. The van der Waals surface area contributed by atoms with Gasteiger partial charge in [0.2, 0.25) is 0 Å². The van der Waals surface area contributed by atoms with Crippen LogP contribution in [0.5, 0.6) is 0 Å². The number of rotatable bonds is 6. The predicted octanol–water partition coefficient (Wildman–Crippen LogP) is 3.96. The van der Waals surface area contributed by atoms with Gasteiger partial charge in [0.15, 0.2) is 0 Å². The quantitative estimate of drug-likeness (QED) is 0.604. The van der Waals surface area contributed by atoms with Crippen molar-refractivity contribution in [3.05, 3.63) is 0 Å². The molecule has 0 aromatic heterocycles. The lowest BCUT2D eigenvalue weighted by Crippen LogP contribution is -2.15. The van der Waals surface area contributed by atoms with E-state index in [0.29, 0.717) is 5.78 Å². The van der Waals surface area contributed by atoms with Crippen molar-refractivity contribution in [1.82, 2.24) is 0 Å². The highest BCUT2D eigenvalue weighted by Gasteiger charge is 2.39. The van der Waals surface area contributed by atoms with Crippen LogP contribution in [0.2, 0.25) is 0 Å². The molecule has 1 heteroatoms. The largest absolute Gasteiger partial charge is 0.300 e. The number of unbranched alkanes of at least 4 members (excludes halogenated alkanes) is 2. The number of fused-ring (bicyclic) bond motifs is 2. The standard InChI is InChI=1S/C14H24O/c1-2-3-4-5-14(15)10-13-9-11-6-7-12(13)8-11/h11-13H,2-10H2,1H3. The smallest absolute Gasteiger partial charge is 0.133 e. The Bertz CT molecular complexity index is 221. The van der Waals surface area contributed by atoms with Gasteiger partial charge in [0.1, 0.15) is 5.78 Å². The van der Waals surface area contributed by atoms with Crippen LogP contribution in [-0.4, -0.2) is 5.78 Å². The van der Waals surface area contributed by atoms with E-state index < -0.39 is 0 Å². The highest BCUT2D eigenvalue weighted by atomic mass is 16.1. The molecule has 86 valence electrons. The van der Waals surface area contributed by atoms with E-state index in [-0.39, 0.29) is 0 Å². The molecule has 2 aliphatic carbocycles. The first-order chi connectivity index (χ1) is 7.29. The van der Waals surface area contributed by atoms with Crippen LogP contribution < -0.4 is 0 Å². The lowest BCUT2D eigenvalue weighted by Gasteiger charge is -2.20. The third kappa shape index (κ3) is 2.83. The van der Waals surface area contributed by atoms with Crippen LogP contribution in [0.4, 0.5) is 0 Å². The second-order valence-electron chi connectivity index (χ2n) is 5.63. The molecule has 1 nitrogen and oxygen atoms in total. The maximum absolute atomic E-state index is 11.8. The van der Waals surface area contributed by atoms with Crippen LogP contribution in [0, 0.1) is 17.8 Å². The van der Waals surface area contributed by atoms with Crippen LogP contribution in [0.25, 0.3) is 0 Å². The van der Waals surface area contributed by atoms with E-state index in [9.17, 15) is 4.79 Å². The van der Waals surface area contributed by atoms with E-state index >= 15 is 0 Å². The molecule has 0 spiro atoms. The topological polar surface area (TPSA) is 17.1 Å². The van der Waals surface area contributed by atoms with Gasteiger partial charge in [-0.3, -0.25) is 4.79 Å². The zero-order valence-electron chi connectivity index (χ0n) is 10.0. The molecule has 2 fully saturated rings. The zero-order valence-corrected chi connectivity index (χ0v) is 10.0. The Morgan fingerprint density at radius 2 is 2.07 bits per heavy atom. The third-order valence-corrected chi connectivity index (χ3v) is 4.43. The molecule has 2 bridgehead atoms. The van der Waals surface area contributed by atoms with Crippen molar-refractivity contribution >= 4 is 5.78 Å². The highest BCUT2D eigenvalue weighted by molar-refractivity contribution is 5.78. The van der Waals surface area contributed by atoms with Gasteiger partial charge in [0.05, 0.1) is 0 Å². The Balaban J connectivity index is 1.66. The molecule has 0 N–H and O–H groups in total. The molecular formula is C14H24O. The molecule has 0 heterocycles. The van der Waals surface area contributed by atoms with Gasteiger partial charge in [0, 0.05) is 12.8 Å². The maximum atomic E-state index is 11.8. The van der Waals surface area contributed by atoms with Crippen LogP contribution in [0.3, 0.4) is 0 Å². The van der Waals surface area contributed by atoms with E-state index in [1.807, 2.05) is 0 Å². The van der Waals surface area contributed by atoms with E-state index in [2.05, 4.69) is 6.92 Å². The summed E-state index contributed by atoms with van der Waals surface area (Å²) < 4.78 is 0. The molecule has 2 rings (SSSR count). The van der Waals surface area contributed by atoms with E-state index in [1.165, 1.54) is 38.5 Å². The lowest BCUT2D eigenvalue weighted by molar-refractivity contribution is -0.120. The summed E-state index contributed by atoms with van der Waals surface area (Å²) in [6.45, 7) is 2.19. The van der Waals surface area contributed by atoms with E-state index in [1.54, 1.807) is 0 Å². The Morgan fingerprint density at radius 3 is 2.67 bits per heavy atom. The Morgan fingerprint density at radius 1 is 1.20 bits per heavy atom. The van der Waals surface area contributed by atoms with Crippen molar-refractivity contribution in [3.63, 3.8) is 0 Å². The number of ketones is 1. The van der Waals surface area contributed by atoms with Crippen LogP contribution in [0.1, 0.15) is 64.7 Å². The SMILES string of the molecule is CCCCCC(=O)CC1CC2CCC1C2. The van der Waals surface area contributed by atoms with Gasteiger partial charge in [-0.25, -0.2) is 0 Å². The molecule has 0 aliphatic heterocycles.